The number of hydrogen-bond donors (Lipinski definition) is 1. The van der Waals surface area contributed by atoms with Crippen LogP contribution in [0.1, 0.15) is 63.5 Å². The lowest BCUT2D eigenvalue weighted by Gasteiger charge is -2.32. The molecule has 0 radical (unpaired) electrons. The Morgan fingerprint density at radius 3 is 2.11 bits per heavy atom. The van der Waals surface area contributed by atoms with Gasteiger partial charge in [-0.2, -0.15) is 0 Å². The monoisotopic (exact) mass is 504 g/mol. The van der Waals surface area contributed by atoms with Gasteiger partial charge in [0.05, 0.1) is 0 Å². The molecule has 7 nitrogen and oxygen atoms in total. The van der Waals surface area contributed by atoms with E-state index in [4.69, 9.17) is 9.47 Å². The number of likely N-dealkylation sites (N-methyl/N-ethyl adjacent to an activating group) is 1. The predicted molar refractivity (Wildman–Crippen MR) is 142 cm³/mol. The molecule has 2 aromatic rings. The van der Waals surface area contributed by atoms with Crippen LogP contribution in [0.5, 0.6) is 0 Å². The number of nitrogens with zero attached hydrogens (tertiary/aromatic N) is 1. The molecule has 0 aromatic heterocycles. The SMILES string of the molecule is CN1C(=O)[C@@H](NC(=O)OCC2c3ccccc3-c3ccccc32)CC/C=C\CC[C@H]1C(=O)OC(C)(C)C. The van der Waals surface area contributed by atoms with Crippen LogP contribution in [-0.2, 0) is 19.1 Å². The Labute approximate surface area is 218 Å². The summed E-state index contributed by atoms with van der Waals surface area (Å²) < 4.78 is 11.2. The van der Waals surface area contributed by atoms with Crippen molar-refractivity contribution in [3.05, 3.63) is 71.8 Å². The second kappa shape index (κ2) is 11.2. The molecule has 196 valence electrons. The number of ether oxygens (including phenoxy) is 2. The number of carbonyl (C=O) groups excluding carboxylic acids is 3. The summed E-state index contributed by atoms with van der Waals surface area (Å²) in [6.07, 6.45) is 5.49. The van der Waals surface area contributed by atoms with E-state index in [2.05, 4.69) is 29.6 Å². The van der Waals surface area contributed by atoms with E-state index in [1.165, 1.54) is 4.90 Å². The normalized spacial score (nSPS) is 21.0. The van der Waals surface area contributed by atoms with Crippen LogP contribution in [0.3, 0.4) is 0 Å². The Morgan fingerprint density at radius 2 is 1.51 bits per heavy atom. The molecule has 4 rings (SSSR count). The van der Waals surface area contributed by atoms with E-state index in [1.807, 2.05) is 36.4 Å². The zero-order chi connectivity index (χ0) is 26.6. The number of allylic oxidation sites excluding steroid dienone is 2. The Bertz CT molecular complexity index is 1140. The lowest BCUT2D eigenvalue weighted by atomic mass is 9.98. The van der Waals surface area contributed by atoms with Crippen LogP contribution in [0.2, 0.25) is 0 Å². The van der Waals surface area contributed by atoms with E-state index in [0.717, 1.165) is 22.3 Å². The minimum atomic E-state index is -0.812. The lowest BCUT2D eigenvalue weighted by Crippen LogP contribution is -2.53. The molecule has 2 aromatic carbocycles. The third-order valence-corrected chi connectivity index (χ3v) is 6.82. The molecule has 7 heteroatoms. The summed E-state index contributed by atoms with van der Waals surface area (Å²) in [5, 5.41) is 2.76. The zero-order valence-electron chi connectivity index (χ0n) is 22.0. The minimum Gasteiger partial charge on any atom is -0.458 e. The van der Waals surface area contributed by atoms with Crippen LogP contribution < -0.4 is 5.32 Å². The minimum absolute atomic E-state index is 0.0694. The van der Waals surface area contributed by atoms with E-state index in [-0.39, 0.29) is 18.4 Å². The molecule has 2 aliphatic rings. The Balaban J connectivity index is 1.44. The number of amides is 2. The lowest BCUT2D eigenvalue weighted by molar-refractivity contribution is -0.164. The maximum Gasteiger partial charge on any atom is 0.407 e. The average molecular weight is 505 g/mol. The summed E-state index contributed by atoms with van der Waals surface area (Å²) >= 11 is 0. The number of fused-ring (bicyclic) bond motifs is 3. The van der Waals surface area contributed by atoms with Gasteiger partial charge in [0.2, 0.25) is 5.91 Å². The molecule has 0 bridgehead atoms. The summed E-state index contributed by atoms with van der Waals surface area (Å²) in [6.45, 7) is 5.56. The van der Waals surface area contributed by atoms with Gasteiger partial charge in [0.1, 0.15) is 24.3 Å². The molecule has 0 fully saturated rings. The van der Waals surface area contributed by atoms with Crippen molar-refractivity contribution in [3.63, 3.8) is 0 Å². The largest absolute Gasteiger partial charge is 0.458 e. The smallest absolute Gasteiger partial charge is 0.407 e. The molecule has 0 saturated heterocycles. The number of esters is 1. The van der Waals surface area contributed by atoms with E-state index >= 15 is 0 Å². The van der Waals surface area contributed by atoms with Crippen molar-refractivity contribution in [3.8, 4) is 11.1 Å². The predicted octanol–water partition coefficient (Wildman–Crippen LogP) is 5.19. The molecule has 37 heavy (non-hydrogen) atoms. The van der Waals surface area contributed by atoms with Crippen molar-refractivity contribution >= 4 is 18.0 Å². The summed E-state index contributed by atoms with van der Waals surface area (Å²) in [7, 11) is 1.59. The Morgan fingerprint density at radius 1 is 0.946 bits per heavy atom. The molecular weight excluding hydrogens is 468 g/mol. The van der Waals surface area contributed by atoms with Crippen LogP contribution in [0.25, 0.3) is 11.1 Å². The van der Waals surface area contributed by atoms with Gasteiger partial charge < -0.3 is 19.7 Å². The first kappa shape index (κ1) is 26.5. The first-order chi connectivity index (χ1) is 17.7. The summed E-state index contributed by atoms with van der Waals surface area (Å²) in [6, 6.07) is 14.7. The van der Waals surface area contributed by atoms with Gasteiger partial charge in [0.25, 0.3) is 0 Å². The van der Waals surface area contributed by atoms with E-state index in [9.17, 15) is 14.4 Å². The van der Waals surface area contributed by atoms with Gasteiger partial charge in [0, 0.05) is 13.0 Å². The number of benzene rings is 2. The fourth-order valence-corrected chi connectivity index (χ4v) is 5.03. The van der Waals surface area contributed by atoms with Gasteiger partial charge in [-0.05, 0) is 68.7 Å². The van der Waals surface area contributed by atoms with E-state index < -0.39 is 29.7 Å². The number of rotatable bonds is 4. The highest BCUT2D eigenvalue weighted by molar-refractivity contribution is 5.89. The van der Waals surface area contributed by atoms with Crippen LogP contribution >= 0.6 is 0 Å². The van der Waals surface area contributed by atoms with Gasteiger partial charge in [-0.1, -0.05) is 60.7 Å². The second-order valence-electron chi connectivity index (χ2n) is 10.6. The maximum atomic E-state index is 13.4. The highest BCUT2D eigenvalue weighted by atomic mass is 16.6. The van der Waals surface area contributed by atoms with Crippen molar-refractivity contribution < 1.29 is 23.9 Å². The van der Waals surface area contributed by atoms with Crippen LogP contribution in [0.4, 0.5) is 4.79 Å². The van der Waals surface area contributed by atoms with Crippen LogP contribution in [-0.4, -0.2) is 54.2 Å². The fraction of sp³-hybridized carbons (Fsp3) is 0.433. The Kier molecular flexibility index (Phi) is 8.00. The summed E-state index contributed by atoms with van der Waals surface area (Å²) in [5.41, 5.74) is 3.88. The number of carbonyl (C=O) groups is 3. The van der Waals surface area contributed by atoms with Gasteiger partial charge >= 0.3 is 12.1 Å². The van der Waals surface area contributed by atoms with Crippen molar-refractivity contribution in [2.45, 2.75) is 70.1 Å². The summed E-state index contributed by atoms with van der Waals surface area (Å²) in [5.74, 6) is -0.850. The number of hydrogen-bond acceptors (Lipinski definition) is 5. The van der Waals surface area contributed by atoms with Gasteiger partial charge in [-0.25, -0.2) is 9.59 Å². The molecule has 1 heterocycles. The van der Waals surface area contributed by atoms with Crippen LogP contribution in [0.15, 0.2) is 60.7 Å². The van der Waals surface area contributed by atoms with Crippen molar-refractivity contribution in [1.29, 1.82) is 0 Å². The van der Waals surface area contributed by atoms with E-state index in [0.29, 0.717) is 25.7 Å². The highest BCUT2D eigenvalue weighted by Crippen LogP contribution is 2.44. The van der Waals surface area contributed by atoms with E-state index in [1.54, 1.807) is 27.8 Å². The first-order valence-electron chi connectivity index (χ1n) is 12.9. The van der Waals surface area contributed by atoms with Crippen LogP contribution in [0, 0.1) is 0 Å². The Hall–Kier alpha value is -3.61. The first-order valence-corrected chi connectivity index (χ1v) is 12.9. The average Bonchev–Trinajstić information content (AvgIpc) is 3.17. The molecular formula is C30H36N2O5. The highest BCUT2D eigenvalue weighted by Gasteiger charge is 2.35. The molecule has 2 amide bonds. The fourth-order valence-electron chi connectivity index (χ4n) is 5.03. The molecule has 2 atom stereocenters. The zero-order valence-corrected chi connectivity index (χ0v) is 22.0. The van der Waals surface area contributed by atoms with Gasteiger partial charge in [0.15, 0.2) is 0 Å². The second-order valence-corrected chi connectivity index (χ2v) is 10.6. The summed E-state index contributed by atoms with van der Waals surface area (Å²) in [4.78, 5) is 40.5. The topological polar surface area (TPSA) is 84.9 Å². The van der Waals surface area contributed by atoms with Crippen molar-refractivity contribution in [1.82, 2.24) is 10.2 Å². The molecule has 0 unspecified atom stereocenters. The third-order valence-electron chi connectivity index (χ3n) is 6.82. The molecule has 1 aliphatic carbocycles. The number of nitrogens with one attached hydrogen (secondary N) is 1. The molecule has 0 saturated carbocycles. The standard InChI is InChI=1S/C30H36N2O5/c1-30(2,3)37-28(34)26-18-8-6-5-7-17-25(27(33)32(26)4)31-29(35)36-19-24-22-15-11-9-13-20(22)21-14-10-12-16-23(21)24/h5-6,9-16,24-26H,7-8,17-19H2,1-4H3,(H,31,35)/b6-5-/t25-,26-/m0/s1. The molecule has 1 aliphatic heterocycles. The third kappa shape index (κ3) is 6.21. The number of alkyl carbamates (subject to hydrolysis) is 1. The quantitative estimate of drug-likeness (QED) is 0.457. The van der Waals surface area contributed by atoms with Crippen molar-refractivity contribution in [2.75, 3.05) is 13.7 Å². The van der Waals surface area contributed by atoms with Crippen molar-refractivity contribution in [2.24, 2.45) is 0 Å². The van der Waals surface area contributed by atoms with Gasteiger partial charge in [-0.3, -0.25) is 4.79 Å². The molecule has 0 spiro atoms. The molecule has 1 N–H and O–H groups in total. The maximum absolute atomic E-state index is 13.4. The van der Waals surface area contributed by atoms with Gasteiger partial charge in [-0.15, -0.1) is 0 Å².